The monoisotopic (exact) mass is 426 g/mol. The molecule has 2 aromatic carbocycles. The van der Waals surface area contributed by atoms with E-state index in [4.69, 9.17) is 4.74 Å². The summed E-state index contributed by atoms with van der Waals surface area (Å²) in [6.07, 6.45) is -0.631. The Morgan fingerprint density at radius 2 is 1.29 bits per heavy atom. The number of hydrogen-bond donors (Lipinski definition) is 1. The fraction of sp³-hybridized carbons (Fsp3) is 0.480. The van der Waals surface area contributed by atoms with Crippen molar-refractivity contribution in [3.05, 3.63) is 63.2 Å². The number of nitro groups is 1. The molecule has 0 saturated heterocycles. The number of nitro benzene ring substituents is 1. The number of carbonyl (C=O) groups excluding carboxylic acids is 1. The number of benzene rings is 2. The molecular formula is C25H34N2O4. The van der Waals surface area contributed by atoms with E-state index in [2.05, 4.69) is 79.8 Å². The topological polar surface area (TPSA) is 81.5 Å². The van der Waals surface area contributed by atoms with Crippen molar-refractivity contribution < 1.29 is 14.5 Å². The van der Waals surface area contributed by atoms with Crippen molar-refractivity contribution in [1.82, 2.24) is 0 Å². The normalized spacial score (nSPS) is 12.4. The quantitative estimate of drug-likeness (QED) is 0.419. The Morgan fingerprint density at radius 1 is 0.839 bits per heavy atom. The molecule has 0 bridgehead atoms. The number of nitrogens with one attached hydrogen (secondary N) is 1. The van der Waals surface area contributed by atoms with E-state index in [-0.39, 0.29) is 21.9 Å². The van der Waals surface area contributed by atoms with E-state index in [1.165, 1.54) is 29.8 Å². The van der Waals surface area contributed by atoms with Crippen LogP contribution in [0.25, 0.3) is 0 Å². The van der Waals surface area contributed by atoms with Gasteiger partial charge >= 0.3 is 6.09 Å². The van der Waals surface area contributed by atoms with Crippen molar-refractivity contribution in [2.75, 3.05) is 5.32 Å². The first kappa shape index (κ1) is 24.4. The number of nitrogens with zero attached hydrogens (tertiary/aromatic N) is 1. The van der Waals surface area contributed by atoms with Crippen LogP contribution in [-0.2, 0) is 16.2 Å². The van der Waals surface area contributed by atoms with Gasteiger partial charge in [0.1, 0.15) is 5.75 Å². The minimum Gasteiger partial charge on any atom is -0.409 e. The molecular weight excluding hydrogens is 392 g/mol. The van der Waals surface area contributed by atoms with Crippen molar-refractivity contribution in [3.8, 4) is 5.75 Å². The fourth-order valence-corrected chi connectivity index (χ4v) is 3.19. The van der Waals surface area contributed by atoms with Gasteiger partial charge in [0.05, 0.1) is 4.92 Å². The average Bonchev–Trinajstić information content (AvgIpc) is 2.59. The number of non-ortho nitro benzene ring substituents is 1. The second kappa shape index (κ2) is 8.33. The number of hydrogen-bond acceptors (Lipinski definition) is 4. The molecule has 0 atom stereocenters. The zero-order valence-corrected chi connectivity index (χ0v) is 20.0. The highest BCUT2D eigenvalue weighted by Gasteiger charge is 2.31. The van der Waals surface area contributed by atoms with Gasteiger partial charge in [-0.2, -0.15) is 0 Å². The number of amides is 1. The van der Waals surface area contributed by atoms with Crippen LogP contribution < -0.4 is 10.1 Å². The Labute approximate surface area is 185 Å². The Balaban J connectivity index is 2.50. The van der Waals surface area contributed by atoms with E-state index in [0.717, 1.165) is 11.1 Å². The predicted octanol–water partition coefficient (Wildman–Crippen LogP) is 7.10. The lowest BCUT2D eigenvalue weighted by atomic mass is 9.75. The first-order valence-corrected chi connectivity index (χ1v) is 10.4. The molecule has 0 unspecified atom stereocenters. The summed E-state index contributed by atoms with van der Waals surface area (Å²) in [4.78, 5) is 23.1. The number of carbonyl (C=O) groups is 1. The highest BCUT2D eigenvalue weighted by Crippen LogP contribution is 2.43. The van der Waals surface area contributed by atoms with Gasteiger partial charge in [-0.1, -0.05) is 74.4 Å². The average molecular weight is 427 g/mol. The maximum absolute atomic E-state index is 12.8. The first-order chi connectivity index (χ1) is 14.0. The van der Waals surface area contributed by atoms with Gasteiger partial charge < -0.3 is 4.74 Å². The van der Waals surface area contributed by atoms with E-state index >= 15 is 0 Å². The molecule has 31 heavy (non-hydrogen) atoms. The highest BCUT2D eigenvalue weighted by atomic mass is 16.6. The van der Waals surface area contributed by atoms with Crippen LogP contribution >= 0.6 is 0 Å². The standard InChI is InChI=1S/C25H34N2O4/c1-23(2,3)16-14-19(24(4,5)6)21(20(15-16)25(7,8)9)31-22(28)26-17-10-12-18(13-11-17)27(29)30/h10-15H,1-9H3,(H,26,28). The SMILES string of the molecule is CC(C)(C)c1cc(C(C)(C)C)c(OC(=O)Nc2ccc([N+](=O)[O-])cc2)c(C(C)(C)C)c1. The van der Waals surface area contributed by atoms with Crippen molar-refractivity contribution >= 4 is 17.5 Å². The van der Waals surface area contributed by atoms with Gasteiger partial charge in [-0.15, -0.1) is 0 Å². The molecule has 0 aliphatic heterocycles. The smallest absolute Gasteiger partial charge is 0.409 e. The van der Waals surface area contributed by atoms with Gasteiger partial charge in [-0.05, 0) is 33.9 Å². The molecule has 0 aliphatic rings. The molecule has 2 rings (SSSR count). The zero-order valence-electron chi connectivity index (χ0n) is 20.0. The van der Waals surface area contributed by atoms with Gasteiger partial charge in [0.15, 0.2) is 0 Å². The van der Waals surface area contributed by atoms with E-state index in [9.17, 15) is 14.9 Å². The second-order valence-electron chi connectivity index (χ2n) is 11.0. The lowest BCUT2D eigenvalue weighted by molar-refractivity contribution is -0.384. The molecule has 0 fully saturated rings. The van der Waals surface area contributed by atoms with Crippen LogP contribution in [0.4, 0.5) is 16.2 Å². The van der Waals surface area contributed by atoms with Crippen molar-refractivity contribution in [3.63, 3.8) is 0 Å². The first-order valence-electron chi connectivity index (χ1n) is 10.4. The summed E-state index contributed by atoms with van der Waals surface area (Å²) in [5.41, 5.74) is 2.95. The maximum Gasteiger partial charge on any atom is 0.417 e. The predicted molar refractivity (Wildman–Crippen MR) is 125 cm³/mol. The third-order valence-corrected chi connectivity index (χ3v) is 5.09. The van der Waals surface area contributed by atoms with Gasteiger partial charge in [0, 0.05) is 28.9 Å². The number of rotatable bonds is 3. The molecule has 6 heteroatoms. The summed E-state index contributed by atoms with van der Waals surface area (Å²) in [5.74, 6) is 0.562. The molecule has 1 amide bonds. The van der Waals surface area contributed by atoms with E-state index < -0.39 is 11.0 Å². The molecule has 0 heterocycles. The number of anilines is 1. The van der Waals surface area contributed by atoms with E-state index in [1.807, 2.05) is 0 Å². The van der Waals surface area contributed by atoms with Crippen LogP contribution in [0.15, 0.2) is 36.4 Å². The van der Waals surface area contributed by atoms with Crippen LogP contribution in [-0.4, -0.2) is 11.0 Å². The highest BCUT2D eigenvalue weighted by molar-refractivity contribution is 5.87. The van der Waals surface area contributed by atoms with Crippen LogP contribution in [0, 0.1) is 10.1 Å². The Bertz CT molecular complexity index is 938. The largest absolute Gasteiger partial charge is 0.417 e. The summed E-state index contributed by atoms with van der Waals surface area (Å²) in [7, 11) is 0. The summed E-state index contributed by atoms with van der Waals surface area (Å²) in [6, 6.07) is 9.91. The summed E-state index contributed by atoms with van der Waals surface area (Å²) in [6.45, 7) is 19.1. The summed E-state index contributed by atoms with van der Waals surface area (Å²) < 4.78 is 5.90. The molecule has 0 aliphatic carbocycles. The second-order valence-corrected chi connectivity index (χ2v) is 11.0. The number of ether oxygens (including phenoxy) is 1. The third-order valence-electron chi connectivity index (χ3n) is 5.09. The van der Waals surface area contributed by atoms with Crippen molar-refractivity contribution in [1.29, 1.82) is 0 Å². The van der Waals surface area contributed by atoms with Gasteiger partial charge in [-0.25, -0.2) is 4.79 Å². The van der Waals surface area contributed by atoms with E-state index in [0.29, 0.717) is 11.4 Å². The fourth-order valence-electron chi connectivity index (χ4n) is 3.19. The molecule has 1 N–H and O–H groups in total. The zero-order chi connectivity index (χ0) is 23.8. The minimum absolute atomic E-state index is 0.0401. The van der Waals surface area contributed by atoms with Gasteiger partial charge in [-0.3, -0.25) is 15.4 Å². The van der Waals surface area contributed by atoms with E-state index in [1.54, 1.807) is 0 Å². The van der Waals surface area contributed by atoms with Crippen LogP contribution in [0.5, 0.6) is 5.75 Å². The van der Waals surface area contributed by atoms with Gasteiger partial charge in [0.25, 0.3) is 5.69 Å². The van der Waals surface area contributed by atoms with Crippen LogP contribution in [0.1, 0.15) is 79.0 Å². The van der Waals surface area contributed by atoms with Crippen LogP contribution in [0.3, 0.4) is 0 Å². The molecule has 0 saturated carbocycles. The molecule has 168 valence electrons. The molecule has 0 spiro atoms. The summed E-state index contributed by atoms with van der Waals surface area (Å²) in [5, 5.41) is 13.5. The minimum atomic E-state index is -0.631. The Morgan fingerprint density at radius 3 is 1.65 bits per heavy atom. The lowest BCUT2D eigenvalue weighted by Crippen LogP contribution is -2.26. The Kier molecular flexibility index (Phi) is 6.55. The van der Waals surface area contributed by atoms with Crippen LogP contribution in [0.2, 0.25) is 0 Å². The molecule has 0 radical (unpaired) electrons. The van der Waals surface area contributed by atoms with Gasteiger partial charge in [0.2, 0.25) is 0 Å². The maximum atomic E-state index is 12.8. The molecule has 6 nitrogen and oxygen atoms in total. The van der Waals surface area contributed by atoms with Crippen molar-refractivity contribution in [2.24, 2.45) is 0 Å². The lowest BCUT2D eigenvalue weighted by Gasteiger charge is -2.32. The molecule has 2 aromatic rings. The Hall–Kier alpha value is -2.89. The molecule has 0 aromatic heterocycles. The summed E-state index contributed by atoms with van der Waals surface area (Å²) >= 11 is 0. The van der Waals surface area contributed by atoms with Crippen molar-refractivity contribution in [2.45, 2.75) is 78.6 Å². The third kappa shape index (κ3) is 6.06.